The van der Waals surface area contributed by atoms with Gasteiger partial charge in [0.2, 0.25) is 0 Å². The van der Waals surface area contributed by atoms with E-state index < -0.39 is 0 Å². The summed E-state index contributed by atoms with van der Waals surface area (Å²) < 4.78 is 5.33. The summed E-state index contributed by atoms with van der Waals surface area (Å²) in [6.45, 7) is 4.25. The van der Waals surface area contributed by atoms with Gasteiger partial charge >= 0.3 is 0 Å². The molecule has 2 atom stereocenters. The summed E-state index contributed by atoms with van der Waals surface area (Å²) in [7, 11) is 1.91. The lowest BCUT2D eigenvalue weighted by Crippen LogP contribution is -2.45. The monoisotopic (exact) mass is 233 g/mol. The molecular weight excluding hydrogens is 214 g/mol. The molecule has 0 radical (unpaired) electrons. The molecule has 0 saturated carbocycles. The van der Waals surface area contributed by atoms with Gasteiger partial charge in [0.05, 0.1) is 12.9 Å². The number of furan rings is 1. The maximum Gasteiger partial charge on any atom is 0.133 e. The Bertz CT molecular complexity index is 506. The largest absolute Gasteiger partial charge is 0.464 e. The lowest BCUT2D eigenvalue weighted by molar-refractivity contribution is 0.175. The number of aliphatic hydroxyl groups is 1. The quantitative estimate of drug-likeness (QED) is 0.851. The van der Waals surface area contributed by atoms with E-state index in [9.17, 15) is 5.11 Å². The van der Waals surface area contributed by atoms with E-state index in [0.29, 0.717) is 0 Å². The second-order valence-corrected chi connectivity index (χ2v) is 4.76. The minimum absolute atomic E-state index is 0.109. The van der Waals surface area contributed by atoms with Crippen LogP contribution in [0, 0.1) is 0 Å². The Morgan fingerprint density at radius 1 is 1.41 bits per heavy atom. The molecule has 3 heteroatoms. The van der Waals surface area contributed by atoms with Crippen LogP contribution in [-0.4, -0.2) is 24.8 Å². The molecular formula is C14H19NO2. The van der Waals surface area contributed by atoms with Crippen LogP contribution in [0.5, 0.6) is 0 Å². The predicted octanol–water partition coefficient (Wildman–Crippen LogP) is 2.29. The van der Waals surface area contributed by atoms with Crippen molar-refractivity contribution in [3.8, 4) is 0 Å². The van der Waals surface area contributed by atoms with Crippen molar-refractivity contribution in [2.75, 3.05) is 13.7 Å². The summed E-state index contributed by atoms with van der Waals surface area (Å²) in [5.41, 5.74) is 1.71. The molecule has 0 saturated heterocycles. The van der Waals surface area contributed by atoms with Crippen LogP contribution < -0.4 is 5.32 Å². The molecule has 1 aromatic heterocycles. The van der Waals surface area contributed by atoms with Crippen LogP contribution in [-0.2, 0) is 5.41 Å². The first-order valence-corrected chi connectivity index (χ1v) is 5.87. The van der Waals surface area contributed by atoms with E-state index in [4.69, 9.17) is 4.42 Å². The van der Waals surface area contributed by atoms with Crippen molar-refractivity contribution in [3.05, 3.63) is 36.1 Å². The minimum Gasteiger partial charge on any atom is -0.464 e. The number of hydrogen-bond donors (Lipinski definition) is 2. The molecule has 3 nitrogen and oxygen atoms in total. The average Bonchev–Trinajstić information content (AvgIpc) is 2.83. The van der Waals surface area contributed by atoms with Crippen LogP contribution in [0.4, 0.5) is 0 Å². The number of benzene rings is 1. The minimum atomic E-state index is -0.291. The molecule has 0 aliphatic heterocycles. The summed E-state index contributed by atoms with van der Waals surface area (Å²) in [6, 6.07) is 8.21. The first-order valence-electron chi connectivity index (χ1n) is 5.87. The Morgan fingerprint density at radius 2 is 2.18 bits per heavy atom. The first kappa shape index (κ1) is 12.1. The number of nitrogens with one attached hydrogen (secondary N) is 1. The Balaban J connectivity index is 2.48. The van der Waals surface area contributed by atoms with Crippen molar-refractivity contribution in [1.29, 1.82) is 0 Å². The fourth-order valence-electron chi connectivity index (χ4n) is 2.12. The van der Waals surface area contributed by atoms with Crippen molar-refractivity contribution < 1.29 is 9.52 Å². The molecule has 0 spiro atoms. The van der Waals surface area contributed by atoms with Gasteiger partial charge in [-0.15, -0.1) is 0 Å². The molecule has 0 aliphatic rings. The topological polar surface area (TPSA) is 45.4 Å². The van der Waals surface area contributed by atoms with E-state index in [-0.39, 0.29) is 18.1 Å². The molecule has 17 heavy (non-hydrogen) atoms. The van der Waals surface area contributed by atoms with Gasteiger partial charge in [-0.2, -0.15) is 0 Å². The molecule has 92 valence electrons. The smallest absolute Gasteiger partial charge is 0.133 e. The summed E-state index contributed by atoms with van der Waals surface area (Å²) >= 11 is 0. The third-order valence-corrected chi connectivity index (χ3v) is 3.83. The third kappa shape index (κ3) is 1.96. The van der Waals surface area contributed by atoms with Gasteiger partial charge in [0.1, 0.15) is 5.58 Å². The molecule has 0 bridgehead atoms. The van der Waals surface area contributed by atoms with E-state index in [1.807, 2.05) is 25.2 Å². The van der Waals surface area contributed by atoms with Crippen LogP contribution >= 0.6 is 0 Å². The van der Waals surface area contributed by atoms with E-state index in [0.717, 1.165) is 16.5 Å². The first-order chi connectivity index (χ1) is 8.11. The fraction of sp³-hybridized carbons (Fsp3) is 0.429. The zero-order chi connectivity index (χ0) is 12.5. The van der Waals surface area contributed by atoms with Gasteiger partial charge in [0, 0.05) is 16.8 Å². The zero-order valence-corrected chi connectivity index (χ0v) is 10.5. The van der Waals surface area contributed by atoms with Crippen molar-refractivity contribution in [3.63, 3.8) is 0 Å². The number of likely N-dealkylation sites (N-methyl/N-ethyl adjacent to an activating group) is 1. The maximum absolute atomic E-state index is 9.70. The highest BCUT2D eigenvalue weighted by molar-refractivity contribution is 5.78. The number of hydrogen-bond acceptors (Lipinski definition) is 3. The molecule has 0 amide bonds. The highest BCUT2D eigenvalue weighted by Crippen LogP contribution is 2.30. The highest BCUT2D eigenvalue weighted by Gasteiger charge is 2.31. The van der Waals surface area contributed by atoms with E-state index in [1.165, 1.54) is 0 Å². The molecule has 2 aromatic rings. The zero-order valence-electron chi connectivity index (χ0n) is 10.5. The predicted molar refractivity (Wildman–Crippen MR) is 69.2 cm³/mol. The summed E-state index contributed by atoms with van der Waals surface area (Å²) in [5, 5.41) is 14.0. The van der Waals surface area contributed by atoms with E-state index in [2.05, 4.69) is 25.2 Å². The molecule has 0 fully saturated rings. The standard InChI is InChI=1S/C14H19NO2/c1-10(15-3)14(2,9-16)12-4-5-13-11(8-12)6-7-17-13/h4-8,10,15-16H,9H2,1-3H3. The molecule has 2 N–H and O–H groups in total. The maximum atomic E-state index is 9.70. The fourth-order valence-corrected chi connectivity index (χ4v) is 2.12. The molecule has 1 aromatic carbocycles. The van der Waals surface area contributed by atoms with Crippen molar-refractivity contribution >= 4 is 11.0 Å². The van der Waals surface area contributed by atoms with Crippen LogP contribution in [0.25, 0.3) is 11.0 Å². The van der Waals surface area contributed by atoms with E-state index in [1.54, 1.807) is 6.26 Å². The van der Waals surface area contributed by atoms with Crippen molar-refractivity contribution in [1.82, 2.24) is 5.32 Å². The van der Waals surface area contributed by atoms with E-state index >= 15 is 0 Å². The molecule has 2 unspecified atom stereocenters. The molecule has 1 heterocycles. The lowest BCUT2D eigenvalue weighted by atomic mass is 9.77. The van der Waals surface area contributed by atoms with Gasteiger partial charge in [0.15, 0.2) is 0 Å². The third-order valence-electron chi connectivity index (χ3n) is 3.83. The van der Waals surface area contributed by atoms with Gasteiger partial charge in [0.25, 0.3) is 0 Å². The Morgan fingerprint density at radius 3 is 2.82 bits per heavy atom. The summed E-state index contributed by atoms with van der Waals surface area (Å²) in [4.78, 5) is 0. The number of aliphatic hydroxyl groups excluding tert-OH is 1. The van der Waals surface area contributed by atoms with Crippen LogP contribution in [0.15, 0.2) is 34.9 Å². The SMILES string of the molecule is CNC(C)C(C)(CO)c1ccc2occc2c1. The Labute approximate surface area is 101 Å². The van der Waals surface area contributed by atoms with Crippen molar-refractivity contribution in [2.45, 2.75) is 25.3 Å². The normalized spacial score (nSPS) is 16.9. The highest BCUT2D eigenvalue weighted by atomic mass is 16.3. The van der Waals surface area contributed by atoms with Gasteiger partial charge < -0.3 is 14.8 Å². The van der Waals surface area contributed by atoms with Gasteiger partial charge in [-0.3, -0.25) is 0 Å². The summed E-state index contributed by atoms with van der Waals surface area (Å²) in [5.74, 6) is 0. The molecule has 0 aliphatic carbocycles. The van der Waals surface area contributed by atoms with Gasteiger partial charge in [-0.1, -0.05) is 13.0 Å². The van der Waals surface area contributed by atoms with Gasteiger partial charge in [-0.25, -0.2) is 0 Å². The Hall–Kier alpha value is -1.32. The van der Waals surface area contributed by atoms with Crippen LogP contribution in [0.2, 0.25) is 0 Å². The number of rotatable bonds is 4. The van der Waals surface area contributed by atoms with Gasteiger partial charge in [-0.05, 0) is 37.7 Å². The average molecular weight is 233 g/mol. The van der Waals surface area contributed by atoms with Crippen LogP contribution in [0.3, 0.4) is 0 Å². The Kier molecular flexibility index (Phi) is 3.22. The van der Waals surface area contributed by atoms with Crippen molar-refractivity contribution in [2.24, 2.45) is 0 Å². The second-order valence-electron chi connectivity index (χ2n) is 4.76. The summed E-state index contributed by atoms with van der Waals surface area (Å²) in [6.07, 6.45) is 1.69. The molecule has 2 rings (SSSR count). The second kappa shape index (κ2) is 4.51. The van der Waals surface area contributed by atoms with Crippen LogP contribution in [0.1, 0.15) is 19.4 Å². The number of fused-ring (bicyclic) bond motifs is 1. The lowest BCUT2D eigenvalue weighted by Gasteiger charge is -2.34.